The van der Waals surface area contributed by atoms with Crippen LogP contribution in [0.4, 0.5) is 0 Å². The maximum Gasteiger partial charge on any atom is 0.124 e. The molecular weight excluding hydrogens is 307 g/mol. The van der Waals surface area contributed by atoms with E-state index < -0.39 is 0 Å². The Labute approximate surface area is 135 Å². The fraction of sp³-hybridized carbons (Fsp3) is 0.250. The van der Waals surface area contributed by atoms with Gasteiger partial charge in [0.2, 0.25) is 0 Å². The van der Waals surface area contributed by atoms with Crippen molar-refractivity contribution < 1.29 is 4.74 Å². The maximum absolute atomic E-state index is 6.30. The molecule has 0 spiro atoms. The van der Waals surface area contributed by atoms with Gasteiger partial charge in [0, 0.05) is 5.56 Å². The SMILES string of the molecule is CCCOc1ccccc1C(NN)c1cccc(Cl)c1Cl. The van der Waals surface area contributed by atoms with E-state index in [1.165, 1.54) is 0 Å². The third kappa shape index (κ3) is 3.69. The van der Waals surface area contributed by atoms with Crippen molar-refractivity contribution in [1.82, 2.24) is 5.43 Å². The van der Waals surface area contributed by atoms with E-state index in [1.54, 1.807) is 6.07 Å². The molecule has 0 saturated carbocycles. The lowest BCUT2D eigenvalue weighted by Gasteiger charge is -2.21. The minimum Gasteiger partial charge on any atom is -0.493 e. The maximum atomic E-state index is 6.30. The Balaban J connectivity index is 2.44. The molecule has 0 saturated heterocycles. The highest BCUT2D eigenvalue weighted by molar-refractivity contribution is 6.42. The quantitative estimate of drug-likeness (QED) is 0.614. The van der Waals surface area contributed by atoms with Gasteiger partial charge < -0.3 is 4.74 Å². The van der Waals surface area contributed by atoms with Gasteiger partial charge in [0.1, 0.15) is 5.75 Å². The molecule has 0 aliphatic carbocycles. The van der Waals surface area contributed by atoms with Crippen molar-refractivity contribution in [3.05, 3.63) is 63.6 Å². The number of nitrogens with one attached hydrogen (secondary N) is 1. The molecule has 0 aliphatic rings. The Morgan fingerprint density at radius 2 is 1.81 bits per heavy atom. The smallest absolute Gasteiger partial charge is 0.124 e. The molecule has 2 aromatic rings. The lowest BCUT2D eigenvalue weighted by atomic mass is 9.98. The van der Waals surface area contributed by atoms with E-state index in [0.29, 0.717) is 16.7 Å². The number of rotatable bonds is 6. The summed E-state index contributed by atoms with van der Waals surface area (Å²) in [5.41, 5.74) is 4.54. The molecule has 1 unspecified atom stereocenters. The minimum absolute atomic E-state index is 0.288. The number of hydrazine groups is 1. The van der Waals surface area contributed by atoms with E-state index in [0.717, 1.165) is 23.3 Å². The number of hydrogen-bond acceptors (Lipinski definition) is 3. The normalized spacial score (nSPS) is 12.2. The molecule has 5 heteroatoms. The van der Waals surface area contributed by atoms with Gasteiger partial charge >= 0.3 is 0 Å². The van der Waals surface area contributed by atoms with Gasteiger partial charge in [-0.25, -0.2) is 5.43 Å². The van der Waals surface area contributed by atoms with Crippen LogP contribution in [0.25, 0.3) is 0 Å². The summed E-state index contributed by atoms with van der Waals surface area (Å²) >= 11 is 12.4. The average molecular weight is 325 g/mol. The van der Waals surface area contributed by atoms with Gasteiger partial charge in [-0.05, 0) is 24.1 Å². The fourth-order valence-corrected chi connectivity index (χ4v) is 2.57. The third-order valence-corrected chi connectivity index (χ3v) is 3.98. The fourth-order valence-electron chi connectivity index (χ4n) is 2.15. The van der Waals surface area contributed by atoms with Gasteiger partial charge in [-0.2, -0.15) is 0 Å². The summed E-state index contributed by atoms with van der Waals surface area (Å²) in [5, 5.41) is 0.994. The zero-order valence-corrected chi connectivity index (χ0v) is 13.3. The van der Waals surface area contributed by atoms with Crippen molar-refractivity contribution in [3.63, 3.8) is 0 Å². The van der Waals surface area contributed by atoms with Gasteiger partial charge in [-0.3, -0.25) is 5.84 Å². The van der Waals surface area contributed by atoms with Crippen LogP contribution < -0.4 is 16.0 Å². The molecule has 0 aliphatic heterocycles. The number of halogens is 2. The zero-order chi connectivity index (χ0) is 15.2. The molecular formula is C16H18Cl2N2O. The van der Waals surface area contributed by atoms with Crippen LogP contribution in [0.1, 0.15) is 30.5 Å². The molecule has 0 aromatic heterocycles. The number of ether oxygens (including phenoxy) is 1. The van der Waals surface area contributed by atoms with Crippen molar-refractivity contribution in [3.8, 4) is 5.75 Å². The highest BCUT2D eigenvalue weighted by Gasteiger charge is 2.20. The first-order valence-electron chi connectivity index (χ1n) is 6.80. The molecule has 112 valence electrons. The predicted octanol–water partition coefficient (Wildman–Crippen LogP) is 4.33. The number of hydrogen-bond donors (Lipinski definition) is 2. The van der Waals surface area contributed by atoms with Gasteiger partial charge in [0.25, 0.3) is 0 Å². The van der Waals surface area contributed by atoms with Crippen LogP contribution in [0, 0.1) is 0 Å². The van der Waals surface area contributed by atoms with Gasteiger partial charge in [0.15, 0.2) is 0 Å². The van der Waals surface area contributed by atoms with Crippen LogP contribution in [0.5, 0.6) is 5.75 Å². The number of nitrogens with two attached hydrogens (primary N) is 1. The second-order valence-corrected chi connectivity index (χ2v) is 5.41. The first-order valence-corrected chi connectivity index (χ1v) is 7.56. The van der Waals surface area contributed by atoms with E-state index in [2.05, 4.69) is 12.3 Å². The average Bonchev–Trinajstić information content (AvgIpc) is 2.51. The lowest BCUT2D eigenvalue weighted by molar-refractivity contribution is 0.311. The van der Waals surface area contributed by atoms with Crippen molar-refractivity contribution in [1.29, 1.82) is 0 Å². The molecule has 0 amide bonds. The summed E-state index contributed by atoms with van der Waals surface area (Å²) in [6, 6.07) is 13.0. The third-order valence-electron chi connectivity index (χ3n) is 3.15. The standard InChI is InChI=1S/C16H18Cl2N2O/c1-2-10-21-14-9-4-3-6-11(14)16(20-19)12-7-5-8-13(17)15(12)18/h3-9,16,20H,2,10,19H2,1H3. The van der Waals surface area contributed by atoms with E-state index in [1.807, 2.05) is 36.4 Å². The van der Waals surface area contributed by atoms with Crippen molar-refractivity contribution in [2.75, 3.05) is 6.61 Å². The van der Waals surface area contributed by atoms with Gasteiger partial charge in [-0.15, -0.1) is 0 Å². The molecule has 3 nitrogen and oxygen atoms in total. The van der Waals surface area contributed by atoms with E-state index in [-0.39, 0.29) is 6.04 Å². The number of benzene rings is 2. The summed E-state index contributed by atoms with van der Waals surface area (Å²) < 4.78 is 5.79. The molecule has 21 heavy (non-hydrogen) atoms. The molecule has 0 heterocycles. The first kappa shape index (κ1) is 16.1. The van der Waals surface area contributed by atoms with Crippen molar-refractivity contribution in [2.45, 2.75) is 19.4 Å². The van der Waals surface area contributed by atoms with Crippen LogP contribution in [0.3, 0.4) is 0 Å². The second kappa shape index (κ2) is 7.66. The Morgan fingerprint density at radius 1 is 1.10 bits per heavy atom. The summed E-state index contributed by atoms with van der Waals surface area (Å²) in [4.78, 5) is 0. The molecule has 3 N–H and O–H groups in total. The Hall–Kier alpha value is -1.26. The van der Waals surface area contributed by atoms with Gasteiger partial charge in [-0.1, -0.05) is 60.5 Å². The Morgan fingerprint density at radius 3 is 2.52 bits per heavy atom. The summed E-state index contributed by atoms with van der Waals surface area (Å²) in [7, 11) is 0. The second-order valence-electron chi connectivity index (χ2n) is 4.63. The monoisotopic (exact) mass is 324 g/mol. The highest BCUT2D eigenvalue weighted by atomic mass is 35.5. The van der Waals surface area contributed by atoms with Gasteiger partial charge in [0.05, 0.1) is 22.7 Å². The Bertz CT molecular complexity index is 605. The van der Waals surface area contributed by atoms with Crippen LogP contribution in [-0.4, -0.2) is 6.61 Å². The minimum atomic E-state index is -0.288. The largest absolute Gasteiger partial charge is 0.493 e. The van der Waals surface area contributed by atoms with Crippen LogP contribution in [0.2, 0.25) is 10.0 Å². The lowest BCUT2D eigenvalue weighted by Crippen LogP contribution is -2.29. The van der Waals surface area contributed by atoms with Crippen LogP contribution in [0.15, 0.2) is 42.5 Å². The first-order chi connectivity index (χ1) is 10.2. The predicted molar refractivity (Wildman–Crippen MR) is 87.9 cm³/mol. The zero-order valence-electron chi connectivity index (χ0n) is 11.8. The molecule has 2 aromatic carbocycles. The molecule has 1 atom stereocenters. The summed E-state index contributed by atoms with van der Waals surface area (Å²) in [6.07, 6.45) is 0.937. The van der Waals surface area contributed by atoms with Crippen LogP contribution >= 0.6 is 23.2 Å². The molecule has 0 fully saturated rings. The van der Waals surface area contributed by atoms with E-state index >= 15 is 0 Å². The molecule has 0 bridgehead atoms. The molecule has 0 radical (unpaired) electrons. The highest BCUT2D eigenvalue weighted by Crippen LogP contribution is 2.36. The topological polar surface area (TPSA) is 47.3 Å². The van der Waals surface area contributed by atoms with Crippen molar-refractivity contribution >= 4 is 23.2 Å². The number of para-hydroxylation sites is 1. The van der Waals surface area contributed by atoms with E-state index in [9.17, 15) is 0 Å². The van der Waals surface area contributed by atoms with E-state index in [4.69, 9.17) is 33.8 Å². The Kier molecular flexibility index (Phi) is 5.88. The summed E-state index contributed by atoms with van der Waals surface area (Å²) in [5.74, 6) is 6.54. The van der Waals surface area contributed by atoms with Crippen LogP contribution in [-0.2, 0) is 0 Å². The molecule has 2 rings (SSSR count). The summed E-state index contributed by atoms with van der Waals surface area (Å²) in [6.45, 7) is 2.71. The van der Waals surface area contributed by atoms with Crippen molar-refractivity contribution in [2.24, 2.45) is 5.84 Å².